The molecule has 0 fully saturated rings. The van der Waals surface area contributed by atoms with Crippen molar-refractivity contribution in [3.05, 3.63) is 125 Å². The van der Waals surface area contributed by atoms with Crippen LogP contribution in [0.5, 0.6) is 5.75 Å². The molecule has 0 unspecified atom stereocenters. The van der Waals surface area contributed by atoms with Crippen molar-refractivity contribution in [2.45, 2.75) is 18.0 Å². The van der Waals surface area contributed by atoms with Crippen LogP contribution in [0.3, 0.4) is 0 Å². The first-order chi connectivity index (χ1) is 17.8. The Balaban J connectivity index is 1.39. The number of benzene rings is 4. The summed E-state index contributed by atoms with van der Waals surface area (Å²) in [5, 5.41) is 2.79. The Morgan fingerprint density at radius 1 is 0.838 bits per heavy atom. The fourth-order valence-corrected chi connectivity index (χ4v) is 5.19. The topological polar surface area (TPSA) is 75.7 Å². The lowest BCUT2D eigenvalue weighted by Gasteiger charge is -2.24. The van der Waals surface area contributed by atoms with E-state index in [0.29, 0.717) is 18.0 Å². The van der Waals surface area contributed by atoms with Gasteiger partial charge in [0.05, 0.1) is 10.6 Å². The molecule has 0 aliphatic rings. The Kier molecular flexibility index (Phi) is 8.58. The van der Waals surface area contributed by atoms with Crippen LogP contribution < -0.4 is 14.4 Å². The maximum absolute atomic E-state index is 13.3. The average molecular weight is 583 g/mol. The van der Waals surface area contributed by atoms with E-state index in [2.05, 4.69) is 21.2 Å². The van der Waals surface area contributed by atoms with Crippen molar-refractivity contribution in [2.24, 2.45) is 0 Å². The molecule has 0 aliphatic carbocycles. The number of nitrogens with one attached hydrogen (secondary N) is 1. The van der Waals surface area contributed by atoms with Crippen molar-refractivity contribution in [3.8, 4) is 5.75 Å². The van der Waals surface area contributed by atoms with Gasteiger partial charge in [-0.15, -0.1) is 0 Å². The molecule has 0 bridgehead atoms. The van der Waals surface area contributed by atoms with Gasteiger partial charge in [0.1, 0.15) is 24.7 Å². The van der Waals surface area contributed by atoms with Gasteiger partial charge in [-0.05, 0) is 71.8 Å². The molecule has 190 valence electrons. The predicted octanol–water partition coefficient (Wildman–Crippen LogP) is 5.68. The molecular weight excluding hydrogens is 559 g/mol. The van der Waals surface area contributed by atoms with E-state index < -0.39 is 15.9 Å². The summed E-state index contributed by atoms with van der Waals surface area (Å²) in [4.78, 5) is 12.9. The van der Waals surface area contributed by atoms with Gasteiger partial charge in [-0.3, -0.25) is 9.10 Å². The van der Waals surface area contributed by atoms with Crippen molar-refractivity contribution in [3.63, 3.8) is 0 Å². The van der Waals surface area contributed by atoms with Crippen LogP contribution >= 0.6 is 15.9 Å². The lowest BCUT2D eigenvalue weighted by atomic mass is 10.2. The van der Waals surface area contributed by atoms with Crippen molar-refractivity contribution < 1.29 is 22.3 Å². The van der Waals surface area contributed by atoms with Gasteiger partial charge >= 0.3 is 0 Å². The monoisotopic (exact) mass is 582 g/mol. The molecule has 1 N–H and O–H groups in total. The molecule has 0 radical (unpaired) electrons. The van der Waals surface area contributed by atoms with E-state index in [-0.39, 0.29) is 23.8 Å². The van der Waals surface area contributed by atoms with Crippen LogP contribution in [0.2, 0.25) is 0 Å². The number of ether oxygens (including phenoxy) is 1. The number of anilines is 1. The molecule has 0 atom stereocenters. The maximum atomic E-state index is 13.3. The minimum Gasteiger partial charge on any atom is -0.489 e. The summed E-state index contributed by atoms with van der Waals surface area (Å²) in [6.45, 7) is 0.145. The largest absolute Gasteiger partial charge is 0.489 e. The highest BCUT2D eigenvalue weighted by Crippen LogP contribution is 2.25. The molecule has 0 aliphatic heterocycles. The highest BCUT2D eigenvalue weighted by molar-refractivity contribution is 9.10. The number of halogens is 2. The molecule has 0 aromatic heterocycles. The van der Waals surface area contributed by atoms with Gasteiger partial charge in [0.2, 0.25) is 5.91 Å². The molecule has 4 rings (SSSR count). The Morgan fingerprint density at radius 2 is 1.46 bits per heavy atom. The lowest BCUT2D eigenvalue weighted by molar-refractivity contribution is -0.119. The van der Waals surface area contributed by atoms with Crippen LogP contribution in [0.15, 0.2) is 112 Å². The number of nitrogens with zero attached hydrogens (tertiary/aromatic N) is 1. The number of carbonyl (C=O) groups is 1. The van der Waals surface area contributed by atoms with Gasteiger partial charge in [0, 0.05) is 11.0 Å². The summed E-state index contributed by atoms with van der Waals surface area (Å²) >= 11 is 3.35. The third kappa shape index (κ3) is 7.18. The average Bonchev–Trinajstić information content (AvgIpc) is 2.92. The van der Waals surface area contributed by atoms with E-state index in [1.807, 2.05) is 12.1 Å². The fraction of sp³-hybridized carbons (Fsp3) is 0.107. The smallest absolute Gasteiger partial charge is 0.264 e. The number of hydrogen-bond donors (Lipinski definition) is 1. The number of sulfonamides is 1. The Labute approximate surface area is 223 Å². The van der Waals surface area contributed by atoms with E-state index in [4.69, 9.17) is 4.74 Å². The van der Waals surface area contributed by atoms with E-state index in [0.717, 1.165) is 19.9 Å². The zero-order valence-corrected chi connectivity index (χ0v) is 22.1. The third-order valence-corrected chi connectivity index (χ3v) is 7.78. The zero-order valence-electron chi connectivity index (χ0n) is 19.7. The number of amides is 1. The second-order valence-electron chi connectivity index (χ2n) is 8.14. The Morgan fingerprint density at radius 3 is 2.11 bits per heavy atom. The van der Waals surface area contributed by atoms with Gasteiger partial charge in [-0.2, -0.15) is 0 Å². The second kappa shape index (κ2) is 12.0. The summed E-state index contributed by atoms with van der Waals surface area (Å²) < 4.78 is 47.3. The van der Waals surface area contributed by atoms with Gasteiger partial charge in [0.15, 0.2) is 0 Å². The molecule has 6 nitrogen and oxygen atoms in total. The number of rotatable bonds is 10. The zero-order chi connectivity index (χ0) is 26.3. The molecule has 0 spiro atoms. The number of carbonyl (C=O) groups excluding carboxylic acids is 1. The summed E-state index contributed by atoms with van der Waals surface area (Å²) in [5.74, 6) is -0.110. The second-order valence-corrected chi connectivity index (χ2v) is 10.9. The predicted molar refractivity (Wildman–Crippen MR) is 144 cm³/mol. The van der Waals surface area contributed by atoms with Crippen LogP contribution in [0, 0.1) is 5.82 Å². The van der Waals surface area contributed by atoms with E-state index in [1.54, 1.807) is 66.7 Å². The molecule has 1 amide bonds. The Bertz CT molecular complexity index is 1430. The lowest BCUT2D eigenvalue weighted by Crippen LogP contribution is -2.40. The first-order valence-corrected chi connectivity index (χ1v) is 13.6. The molecule has 0 saturated heterocycles. The van der Waals surface area contributed by atoms with Crippen molar-refractivity contribution >= 4 is 37.5 Å². The van der Waals surface area contributed by atoms with Crippen LogP contribution in [-0.2, 0) is 28.0 Å². The molecule has 0 heterocycles. The van der Waals surface area contributed by atoms with Crippen LogP contribution in [-0.4, -0.2) is 20.9 Å². The van der Waals surface area contributed by atoms with Crippen LogP contribution in [0.1, 0.15) is 11.1 Å². The van der Waals surface area contributed by atoms with E-state index in [9.17, 15) is 17.6 Å². The van der Waals surface area contributed by atoms with Gasteiger partial charge in [0.25, 0.3) is 10.0 Å². The summed E-state index contributed by atoms with van der Waals surface area (Å²) in [6.07, 6.45) is 0. The fourth-order valence-electron chi connectivity index (χ4n) is 3.48. The minimum atomic E-state index is -3.96. The summed E-state index contributed by atoms with van der Waals surface area (Å²) in [6, 6.07) is 28.0. The summed E-state index contributed by atoms with van der Waals surface area (Å²) in [5.41, 5.74) is 2.05. The molecule has 4 aromatic rings. The van der Waals surface area contributed by atoms with Crippen molar-refractivity contribution in [1.82, 2.24) is 5.32 Å². The summed E-state index contributed by atoms with van der Waals surface area (Å²) in [7, 11) is -3.96. The molecule has 0 saturated carbocycles. The molecular formula is C28H24BrFN2O4S. The third-order valence-electron chi connectivity index (χ3n) is 5.46. The molecule has 9 heteroatoms. The molecule has 4 aromatic carbocycles. The van der Waals surface area contributed by atoms with Crippen molar-refractivity contribution in [1.29, 1.82) is 0 Å². The number of hydrogen-bond acceptors (Lipinski definition) is 4. The quantitative estimate of drug-likeness (QED) is 0.261. The van der Waals surface area contributed by atoms with Gasteiger partial charge in [-0.1, -0.05) is 58.4 Å². The highest BCUT2D eigenvalue weighted by Gasteiger charge is 2.27. The van der Waals surface area contributed by atoms with Gasteiger partial charge in [-0.25, -0.2) is 12.8 Å². The Hall–Kier alpha value is -3.69. The first-order valence-electron chi connectivity index (χ1n) is 11.4. The van der Waals surface area contributed by atoms with Crippen molar-refractivity contribution in [2.75, 3.05) is 10.8 Å². The first kappa shape index (κ1) is 26.4. The van der Waals surface area contributed by atoms with Gasteiger partial charge < -0.3 is 10.1 Å². The van der Waals surface area contributed by atoms with E-state index >= 15 is 0 Å². The molecule has 37 heavy (non-hydrogen) atoms. The highest BCUT2D eigenvalue weighted by atomic mass is 79.9. The SMILES string of the molecule is O=C(CN(c1ccc(Br)cc1)S(=O)(=O)c1ccccc1)NCc1ccc(OCc2ccc(F)cc2)cc1. The van der Waals surface area contributed by atoms with Crippen LogP contribution in [0.25, 0.3) is 0 Å². The van der Waals surface area contributed by atoms with E-state index in [1.165, 1.54) is 24.3 Å². The minimum absolute atomic E-state index is 0.0990. The maximum Gasteiger partial charge on any atom is 0.264 e. The van der Waals surface area contributed by atoms with Crippen LogP contribution in [0.4, 0.5) is 10.1 Å². The normalized spacial score (nSPS) is 11.1. The standard InChI is InChI=1S/C28H24BrFN2O4S/c29-23-10-14-25(15-11-23)32(37(34,35)27-4-2-1-3-5-27)19-28(33)31-18-21-8-16-26(17-9-21)36-20-22-6-12-24(30)13-7-22/h1-17H,18-20H2,(H,31,33).